The summed E-state index contributed by atoms with van der Waals surface area (Å²) in [7, 11) is 0. The first-order chi connectivity index (χ1) is 11.3. The number of benzene rings is 2. The van der Waals surface area contributed by atoms with Crippen molar-refractivity contribution in [1.82, 2.24) is 4.98 Å². The average molecular weight is 298 g/mol. The molecule has 0 radical (unpaired) electrons. The topological polar surface area (TPSA) is 42.0 Å². The Hall–Kier alpha value is -3.38. The lowest BCUT2D eigenvalue weighted by Crippen LogP contribution is -2.12. The summed E-state index contributed by atoms with van der Waals surface area (Å²) in [6, 6.07) is 18.8. The van der Waals surface area contributed by atoms with Gasteiger partial charge in [-0.25, -0.2) is 0 Å². The summed E-state index contributed by atoms with van der Waals surface area (Å²) in [5.74, 6) is 2.41. The van der Waals surface area contributed by atoms with E-state index in [1.807, 2.05) is 48.5 Å². The molecule has 3 aromatic rings. The molecule has 1 amide bonds. The second kappa shape index (κ2) is 6.59. The Bertz CT molecular complexity index is 862. The zero-order valence-corrected chi connectivity index (χ0v) is 12.4. The number of carbonyl (C=O) groups is 1. The maximum absolute atomic E-state index is 12.3. The molecule has 0 bridgehead atoms. The van der Waals surface area contributed by atoms with Gasteiger partial charge in [-0.1, -0.05) is 36.3 Å². The highest BCUT2D eigenvalue weighted by Crippen LogP contribution is 2.28. The summed E-state index contributed by atoms with van der Waals surface area (Å²) in [6.07, 6.45) is 8.56. The van der Waals surface area contributed by atoms with Crippen molar-refractivity contribution in [2.45, 2.75) is 0 Å². The Morgan fingerprint density at radius 2 is 1.78 bits per heavy atom. The van der Waals surface area contributed by atoms with Gasteiger partial charge in [-0.05, 0) is 35.9 Å². The second-order valence-corrected chi connectivity index (χ2v) is 4.96. The molecule has 1 N–H and O–H groups in total. The van der Waals surface area contributed by atoms with Gasteiger partial charge in [0.25, 0.3) is 5.91 Å². The molecule has 0 atom stereocenters. The molecule has 0 aliphatic heterocycles. The largest absolute Gasteiger partial charge is 0.321 e. The third-order valence-corrected chi connectivity index (χ3v) is 3.46. The zero-order chi connectivity index (χ0) is 16.1. The number of amides is 1. The van der Waals surface area contributed by atoms with Gasteiger partial charge in [0.15, 0.2) is 0 Å². The first-order valence-corrected chi connectivity index (χ1v) is 7.15. The highest BCUT2D eigenvalue weighted by atomic mass is 16.1. The van der Waals surface area contributed by atoms with Crippen LogP contribution in [0.15, 0.2) is 73.1 Å². The van der Waals surface area contributed by atoms with Crippen LogP contribution in [0.5, 0.6) is 0 Å². The molecular formula is C20H14N2O. The molecule has 2 aromatic carbocycles. The molecule has 1 aromatic heterocycles. The number of para-hydroxylation sites is 1. The molecule has 0 saturated heterocycles. The first-order valence-electron chi connectivity index (χ1n) is 7.15. The van der Waals surface area contributed by atoms with Crippen LogP contribution in [0.3, 0.4) is 0 Å². The molecular weight excluding hydrogens is 284 g/mol. The summed E-state index contributed by atoms with van der Waals surface area (Å²) in [5, 5.41) is 2.93. The molecule has 23 heavy (non-hydrogen) atoms. The van der Waals surface area contributed by atoms with Crippen molar-refractivity contribution in [2.24, 2.45) is 0 Å². The predicted octanol–water partition coefficient (Wildman–Crippen LogP) is 3.98. The maximum atomic E-state index is 12.3. The number of nitrogens with zero attached hydrogens (tertiary/aromatic N) is 1. The summed E-state index contributed by atoms with van der Waals surface area (Å²) >= 11 is 0. The van der Waals surface area contributed by atoms with Gasteiger partial charge in [0.1, 0.15) is 0 Å². The molecule has 3 rings (SSSR count). The Kier molecular flexibility index (Phi) is 4.17. The Balaban J connectivity index is 1.92. The Morgan fingerprint density at radius 1 is 1.00 bits per heavy atom. The molecule has 0 fully saturated rings. The van der Waals surface area contributed by atoms with Crippen LogP contribution >= 0.6 is 0 Å². The van der Waals surface area contributed by atoms with Gasteiger partial charge >= 0.3 is 0 Å². The normalized spacial score (nSPS) is 9.87. The molecule has 0 aliphatic carbocycles. The minimum atomic E-state index is -0.189. The van der Waals surface area contributed by atoms with Gasteiger partial charge in [0, 0.05) is 29.2 Å². The van der Waals surface area contributed by atoms with E-state index in [1.165, 1.54) is 0 Å². The van der Waals surface area contributed by atoms with Crippen molar-refractivity contribution in [3.05, 3.63) is 84.2 Å². The maximum Gasteiger partial charge on any atom is 0.257 e. The van der Waals surface area contributed by atoms with E-state index in [2.05, 4.69) is 16.2 Å². The van der Waals surface area contributed by atoms with Crippen LogP contribution in [0, 0.1) is 12.3 Å². The van der Waals surface area contributed by atoms with Crippen LogP contribution in [0.1, 0.15) is 15.9 Å². The number of hydrogen-bond acceptors (Lipinski definition) is 2. The number of terminal acetylenes is 1. The lowest BCUT2D eigenvalue weighted by molar-refractivity contribution is 0.102. The van der Waals surface area contributed by atoms with E-state index < -0.39 is 0 Å². The summed E-state index contributed by atoms with van der Waals surface area (Å²) < 4.78 is 0. The van der Waals surface area contributed by atoms with Gasteiger partial charge in [-0.15, -0.1) is 6.42 Å². The number of nitrogens with one attached hydrogen (secondary N) is 1. The summed E-state index contributed by atoms with van der Waals surface area (Å²) in [4.78, 5) is 16.3. The van der Waals surface area contributed by atoms with Crippen molar-refractivity contribution in [1.29, 1.82) is 0 Å². The average Bonchev–Trinajstić information content (AvgIpc) is 2.63. The third-order valence-electron chi connectivity index (χ3n) is 3.46. The van der Waals surface area contributed by atoms with E-state index >= 15 is 0 Å². The minimum Gasteiger partial charge on any atom is -0.321 e. The number of pyridine rings is 1. The molecule has 0 aliphatic rings. The quantitative estimate of drug-likeness (QED) is 0.743. The first kappa shape index (κ1) is 14.6. The fourth-order valence-corrected chi connectivity index (χ4v) is 2.28. The van der Waals surface area contributed by atoms with Crippen molar-refractivity contribution in [3.8, 4) is 23.5 Å². The zero-order valence-electron chi connectivity index (χ0n) is 12.4. The molecule has 0 saturated carbocycles. The van der Waals surface area contributed by atoms with Crippen LogP contribution in [0.25, 0.3) is 11.1 Å². The second-order valence-electron chi connectivity index (χ2n) is 4.96. The van der Waals surface area contributed by atoms with E-state index in [-0.39, 0.29) is 5.91 Å². The molecule has 110 valence electrons. The van der Waals surface area contributed by atoms with Crippen molar-refractivity contribution < 1.29 is 4.79 Å². The van der Waals surface area contributed by atoms with Crippen molar-refractivity contribution in [2.75, 3.05) is 5.32 Å². The summed E-state index contributed by atoms with van der Waals surface area (Å²) in [6.45, 7) is 0. The lowest BCUT2D eigenvalue weighted by Gasteiger charge is -2.11. The van der Waals surface area contributed by atoms with E-state index in [9.17, 15) is 4.79 Å². The van der Waals surface area contributed by atoms with Crippen LogP contribution in [0.2, 0.25) is 0 Å². The van der Waals surface area contributed by atoms with E-state index in [1.54, 1.807) is 24.5 Å². The molecule has 1 heterocycles. The van der Waals surface area contributed by atoms with Crippen LogP contribution < -0.4 is 5.32 Å². The fourth-order valence-electron chi connectivity index (χ4n) is 2.28. The number of hydrogen-bond donors (Lipinski definition) is 1. The highest BCUT2D eigenvalue weighted by molar-refractivity contribution is 6.06. The van der Waals surface area contributed by atoms with Crippen LogP contribution in [0.4, 0.5) is 5.69 Å². The van der Waals surface area contributed by atoms with E-state index in [0.29, 0.717) is 5.56 Å². The molecule has 3 heteroatoms. The number of anilines is 1. The van der Waals surface area contributed by atoms with E-state index in [4.69, 9.17) is 6.42 Å². The van der Waals surface area contributed by atoms with Gasteiger partial charge in [0.05, 0.1) is 5.56 Å². The van der Waals surface area contributed by atoms with Crippen LogP contribution in [-0.4, -0.2) is 10.9 Å². The summed E-state index contributed by atoms with van der Waals surface area (Å²) in [5.41, 5.74) is 4.02. The number of carbonyl (C=O) groups excluding carboxylic acids is 1. The van der Waals surface area contributed by atoms with Crippen LogP contribution in [-0.2, 0) is 0 Å². The monoisotopic (exact) mass is 298 g/mol. The molecule has 3 nitrogen and oxygen atoms in total. The third kappa shape index (κ3) is 3.28. The highest BCUT2D eigenvalue weighted by Gasteiger charge is 2.10. The van der Waals surface area contributed by atoms with Gasteiger partial charge in [-0.2, -0.15) is 0 Å². The van der Waals surface area contributed by atoms with Crippen molar-refractivity contribution >= 4 is 11.6 Å². The fraction of sp³-hybridized carbons (Fsp3) is 0. The number of rotatable bonds is 3. The van der Waals surface area contributed by atoms with Gasteiger partial charge in [-0.3, -0.25) is 9.78 Å². The predicted molar refractivity (Wildman–Crippen MR) is 92.0 cm³/mol. The van der Waals surface area contributed by atoms with Gasteiger partial charge < -0.3 is 5.32 Å². The minimum absolute atomic E-state index is 0.189. The molecule has 0 unspecified atom stereocenters. The SMILES string of the molecule is C#Cc1ccc(-c2ccccc2NC(=O)c2cccnc2)cc1. The van der Waals surface area contributed by atoms with Crippen molar-refractivity contribution in [3.63, 3.8) is 0 Å². The Morgan fingerprint density at radius 3 is 2.48 bits per heavy atom. The number of aromatic nitrogens is 1. The van der Waals surface area contributed by atoms with Gasteiger partial charge in [0.2, 0.25) is 0 Å². The molecule has 0 spiro atoms. The lowest BCUT2D eigenvalue weighted by atomic mass is 10.0. The Labute approximate surface area is 135 Å². The standard InChI is InChI=1S/C20H14N2O/c1-2-15-9-11-16(12-10-15)18-7-3-4-8-19(18)22-20(23)17-6-5-13-21-14-17/h1,3-14H,(H,22,23). The smallest absolute Gasteiger partial charge is 0.257 e. The van der Waals surface area contributed by atoms with E-state index in [0.717, 1.165) is 22.4 Å².